The molecule has 1 amide bonds. The molecule has 1 saturated heterocycles. The SMILES string of the molecule is Nc1cccc(-c2csc(SCC(=O)NC3CC[N+]([O-])(Cc4ccc(Cl)c(Cl)c4)CC3)n2)c1. The third kappa shape index (κ3) is 6.62. The zero-order valence-corrected chi connectivity index (χ0v) is 20.9. The van der Waals surface area contributed by atoms with Crippen LogP contribution in [0.3, 0.4) is 0 Å². The first-order chi connectivity index (χ1) is 15.8. The number of nitrogens with two attached hydrogens (primary N) is 1. The summed E-state index contributed by atoms with van der Waals surface area (Å²) < 4.78 is 0.522. The first-order valence-electron chi connectivity index (χ1n) is 10.5. The molecule has 1 aliphatic rings. The molecule has 0 saturated carbocycles. The molecular weight excluding hydrogens is 499 g/mol. The van der Waals surface area contributed by atoms with Crippen molar-refractivity contribution in [2.75, 3.05) is 24.6 Å². The van der Waals surface area contributed by atoms with E-state index in [0.29, 0.717) is 54.0 Å². The number of aromatic nitrogens is 1. The van der Waals surface area contributed by atoms with Crippen LogP contribution in [0.1, 0.15) is 18.4 Å². The predicted molar refractivity (Wildman–Crippen MR) is 137 cm³/mol. The summed E-state index contributed by atoms with van der Waals surface area (Å²) in [4.78, 5) is 17.0. The second kappa shape index (κ2) is 10.6. The van der Waals surface area contributed by atoms with Crippen LogP contribution in [0.25, 0.3) is 11.3 Å². The number of rotatable bonds is 7. The number of benzene rings is 2. The largest absolute Gasteiger partial charge is 0.633 e. The number of thioether (sulfide) groups is 1. The van der Waals surface area contributed by atoms with E-state index in [1.54, 1.807) is 12.1 Å². The Bertz CT molecular complexity index is 1130. The number of nitrogens with one attached hydrogen (secondary N) is 1. The fraction of sp³-hybridized carbons (Fsp3) is 0.304. The van der Waals surface area contributed by atoms with Crippen molar-refractivity contribution in [2.24, 2.45) is 0 Å². The summed E-state index contributed by atoms with van der Waals surface area (Å²) in [6, 6.07) is 12.9. The van der Waals surface area contributed by atoms with Crippen molar-refractivity contribution in [3.63, 3.8) is 0 Å². The maximum atomic E-state index is 13.1. The highest BCUT2D eigenvalue weighted by Gasteiger charge is 2.28. The van der Waals surface area contributed by atoms with E-state index in [-0.39, 0.29) is 16.6 Å². The van der Waals surface area contributed by atoms with Gasteiger partial charge >= 0.3 is 0 Å². The number of piperidine rings is 1. The lowest BCUT2D eigenvalue weighted by atomic mass is 10.0. The predicted octanol–water partition coefficient (Wildman–Crippen LogP) is 5.58. The molecule has 3 aromatic rings. The number of halogens is 2. The van der Waals surface area contributed by atoms with Gasteiger partial charge in [-0.05, 0) is 24.3 Å². The average Bonchev–Trinajstić information content (AvgIpc) is 3.26. The minimum absolute atomic E-state index is 0.0197. The van der Waals surface area contributed by atoms with Gasteiger partial charge in [-0.15, -0.1) is 11.3 Å². The van der Waals surface area contributed by atoms with Crippen molar-refractivity contribution in [3.05, 3.63) is 68.7 Å². The lowest BCUT2D eigenvalue weighted by molar-refractivity contribution is -0.898. The number of anilines is 1. The lowest BCUT2D eigenvalue weighted by Crippen LogP contribution is -2.52. The van der Waals surface area contributed by atoms with Gasteiger partial charge in [-0.3, -0.25) is 4.79 Å². The summed E-state index contributed by atoms with van der Waals surface area (Å²) >= 11 is 15.0. The molecule has 174 valence electrons. The van der Waals surface area contributed by atoms with Gasteiger partial charge in [0.2, 0.25) is 5.91 Å². The average molecular weight is 524 g/mol. The van der Waals surface area contributed by atoms with Gasteiger partial charge in [0.1, 0.15) is 6.54 Å². The van der Waals surface area contributed by atoms with E-state index in [2.05, 4.69) is 10.3 Å². The van der Waals surface area contributed by atoms with Gasteiger partial charge in [0.25, 0.3) is 0 Å². The number of hydroxylamine groups is 3. The molecule has 0 unspecified atom stereocenters. The fourth-order valence-electron chi connectivity index (χ4n) is 3.86. The number of amides is 1. The maximum Gasteiger partial charge on any atom is 0.230 e. The summed E-state index contributed by atoms with van der Waals surface area (Å²) in [6.07, 6.45) is 1.30. The number of quaternary nitrogens is 1. The van der Waals surface area contributed by atoms with Gasteiger partial charge in [0.05, 0.1) is 34.6 Å². The molecule has 0 spiro atoms. The van der Waals surface area contributed by atoms with Gasteiger partial charge < -0.3 is 20.9 Å². The number of hydrogen-bond acceptors (Lipinski definition) is 6. The van der Waals surface area contributed by atoms with Crippen LogP contribution in [0, 0.1) is 5.21 Å². The number of nitrogens with zero attached hydrogens (tertiary/aromatic N) is 2. The van der Waals surface area contributed by atoms with E-state index in [1.807, 2.05) is 35.7 Å². The van der Waals surface area contributed by atoms with E-state index in [9.17, 15) is 10.0 Å². The second-order valence-electron chi connectivity index (χ2n) is 8.17. The van der Waals surface area contributed by atoms with Crippen molar-refractivity contribution in [2.45, 2.75) is 29.8 Å². The lowest BCUT2D eigenvalue weighted by Gasteiger charge is -2.47. The van der Waals surface area contributed by atoms with Crippen molar-refractivity contribution in [1.29, 1.82) is 0 Å². The van der Waals surface area contributed by atoms with Crippen LogP contribution in [-0.4, -0.2) is 40.4 Å². The summed E-state index contributed by atoms with van der Waals surface area (Å²) in [6.45, 7) is 1.26. The number of likely N-dealkylation sites (tertiary alicyclic amines) is 1. The number of thiazole rings is 1. The molecule has 1 aromatic heterocycles. The molecule has 6 nitrogen and oxygen atoms in total. The Hall–Kier alpha value is -1.81. The Morgan fingerprint density at radius 2 is 2.00 bits per heavy atom. The smallest absolute Gasteiger partial charge is 0.230 e. The monoisotopic (exact) mass is 522 g/mol. The third-order valence-corrected chi connectivity index (χ3v) is 8.34. The Morgan fingerprint density at radius 1 is 1.21 bits per heavy atom. The van der Waals surface area contributed by atoms with Crippen molar-refractivity contribution in [1.82, 2.24) is 10.3 Å². The number of hydrogen-bond donors (Lipinski definition) is 2. The van der Waals surface area contributed by atoms with Gasteiger partial charge in [-0.25, -0.2) is 4.98 Å². The van der Waals surface area contributed by atoms with E-state index in [1.165, 1.54) is 23.1 Å². The highest BCUT2D eigenvalue weighted by atomic mass is 35.5. The van der Waals surface area contributed by atoms with E-state index in [0.717, 1.165) is 21.2 Å². The zero-order chi connectivity index (χ0) is 23.4. The molecule has 1 aliphatic heterocycles. The topological polar surface area (TPSA) is 91.1 Å². The van der Waals surface area contributed by atoms with Crippen molar-refractivity contribution < 1.29 is 9.44 Å². The number of carbonyl (C=O) groups is 1. The van der Waals surface area contributed by atoms with E-state index >= 15 is 0 Å². The van der Waals surface area contributed by atoms with E-state index in [4.69, 9.17) is 28.9 Å². The molecule has 1 fully saturated rings. The molecule has 4 rings (SSSR count). The molecule has 0 radical (unpaired) electrons. The molecule has 2 aromatic carbocycles. The summed E-state index contributed by atoms with van der Waals surface area (Å²) in [7, 11) is 0. The van der Waals surface area contributed by atoms with Gasteiger partial charge in [-0.2, -0.15) is 0 Å². The van der Waals surface area contributed by atoms with Crippen LogP contribution in [0.4, 0.5) is 5.69 Å². The Balaban J connectivity index is 1.23. The highest BCUT2D eigenvalue weighted by molar-refractivity contribution is 8.01. The summed E-state index contributed by atoms with van der Waals surface area (Å²) in [5, 5.41) is 19.1. The quantitative estimate of drug-likeness (QED) is 0.183. The molecule has 0 bridgehead atoms. The van der Waals surface area contributed by atoms with Crippen molar-refractivity contribution >= 4 is 57.9 Å². The summed E-state index contributed by atoms with van der Waals surface area (Å²) in [5.41, 5.74) is 9.23. The first-order valence-corrected chi connectivity index (χ1v) is 13.2. The first kappa shape index (κ1) is 24.3. The Kier molecular flexibility index (Phi) is 7.83. The van der Waals surface area contributed by atoms with Crippen LogP contribution < -0.4 is 11.1 Å². The standard InChI is InChI=1S/C23H24Cl2N4O2S2/c24-19-5-4-15(10-20(19)25)12-29(31)8-6-18(7-9-29)27-22(30)14-33-23-28-21(13-32-23)16-2-1-3-17(26)11-16/h1-5,10-11,13,18H,6-9,12,14,26H2,(H,27,30). The molecule has 33 heavy (non-hydrogen) atoms. The molecular formula is C23H24Cl2N4O2S2. The van der Waals surface area contributed by atoms with Crippen LogP contribution in [0.5, 0.6) is 0 Å². The Labute approximate surface area is 211 Å². The van der Waals surface area contributed by atoms with Crippen molar-refractivity contribution in [3.8, 4) is 11.3 Å². The fourth-order valence-corrected chi connectivity index (χ4v) is 5.83. The van der Waals surface area contributed by atoms with Crippen LogP contribution in [-0.2, 0) is 11.3 Å². The van der Waals surface area contributed by atoms with Crippen LogP contribution >= 0.6 is 46.3 Å². The zero-order valence-electron chi connectivity index (χ0n) is 17.8. The number of nitrogen functional groups attached to an aromatic ring is 1. The third-order valence-electron chi connectivity index (χ3n) is 5.58. The molecule has 2 heterocycles. The minimum Gasteiger partial charge on any atom is -0.633 e. The molecule has 0 aliphatic carbocycles. The van der Waals surface area contributed by atoms with Gasteiger partial charge in [0.15, 0.2) is 4.34 Å². The summed E-state index contributed by atoms with van der Waals surface area (Å²) in [5.74, 6) is 0.252. The van der Waals surface area contributed by atoms with Crippen LogP contribution in [0.2, 0.25) is 10.0 Å². The minimum atomic E-state index is -0.315. The molecule has 0 atom stereocenters. The maximum absolute atomic E-state index is 13.1. The molecule has 10 heteroatoms. The normalized spacial score (nSPS) is 20.5. The number of carbonyl (C=O) groups excluding carboxylic acids is 1. The van der Waals surface area contributed by atoms with Gasteiger partial charge in [-0.1, -0.05) is 53.2 Å². The molecule has 3 N–H and O–H groups in total. The highest BCUT2D eigenvalue weighted by Crippen LogP contribution is 2.30. The van der Waals surface area contributed by atoms with E-state index < -0.39 is 0 Å². The Morgan fingerprint density at radius 3 is 2.73 bits per heavy atom. The van der Waals surface area contributed by atoms with Gasteiger partial charge in [0, 0.05) is 41.1 Å². The second-order valence-corrected chi connectivity index (χ2v) is 11.1. The van der Waals surface area contributed by atoms with Crippen LogP contribution in [0.15, 0.2) is 52.2 Å².